The number of benzene rings is 3. The number of hydrogen-bond donors (Lipinski definition) is 1. The van der Waals surface area contributed by atoms with E-state index in [0.717, 1.165) is 10.8 Å². The Balaban J connectivity index is 2.01. The molecule has 0 radical (unpaired) electrons. The fourth-order valence-corrected chi connectivity index (χ4v) is 2.53. The lowest BCUT2D eigenvalue weighted by Gasteiger charge is -2.09. The zero-order valence-corrected chi connectivity index (χ0v) is 10.6. The Morgan fingerprint density at radius 3 is 2.55 bits per heavy atom. The number of carbonyl (C=O) groups excluding carboxylic acids is 1. The second-order valence-electron chi connectivity index (χ2n) is 4.71. The van der Waals surface area contributed by atoms with E-state index in [2.05, 4.69) is 5.32 Å². The van der Waals surface area contributed by atoms with Gasteiger partial charge in [-0.15, -0.1) is 0 Å². The molecular weight excluding hydrogens is 250 g/mol. The minimum atomic E-state index is -0.137. The first kappa shape index (κ1) is 11.1. The Hall–Kier alpha value is -2.81. The monoisotopic (exact) mass is 261 g/mol. The van der Waals surface area contributed by atoms with E-state index in [1.165, 1.54) is 0 Å². The van der Waals surface area contributed by atoms with Crippen LogP contribution in [0.5, 0.6) is 11.5 Å². The van der Waals surface area contributed by atoms with Gasteiger partial charge in [0.1, 0.15) is 5.75 Å². The van der Waals surface area contributed by atoms with Gasteiger partial charge in [-0.2, -0.15) is 0 Å². The zero-order valence-electron chi connectivity index (χ0n) is 10.6. The minimum Gasteiger partial charge on any atom is -0.454 e. The van der Waals surface area contributed by atoms with Gasteiger partial charge >= 0.3 is 0 Å². The lowest BCUT2D eigenvalue weighted by Crippen LogP contribution is -2.10. The summed E-state index contributed by atoms with van der Waals surface area (Å²) in [7, 11) is 0. The van der Waals surface area contributed by atoms with Crippen molar-refractivity contribution < 1.29 is 9.53 Å². The molecule has 0 aromatic heterocycles. The van der Waals surface area contributed by atoms with Crippen LogP contribution in [-0.2, 0) is 0 Å². The number of ether oxygens (including phenoxy) is 1. The van der Waals surface area contributed by atoms with Crippen LogP contribution in [-0.4, -0.2) is 5.91 Å². The maximum Gasteiger partial charge on any atom is 0.260 e. The number of anilines is 1. The van der Waals surface area contributed by atoms with Crippen molar-refractivity contribution in [2.45, 2.75) is 0 Å². The molecule has 1 aliphatic heterocycles. The second kappa shape index (κ2) is 4.10. The molecular formula is C17H11NO2. The number of carbonyl (C=O) groups is 1. The van der Waals surface area contributed by atoms with Gasteiger partial charge in [0.05, 0.1) is 11.3 Å². The van der Waals surface area contributed by atoms with Gasteiger partial charge in [-0.05, 0) is 29.0 Å². The van der Waals surface area contributed by atoms with Crippen molar-refractivity contribution in [2.75, 3.05) is 5.32 Å². The van der Waals surface area contributed by atoms with E-state index in [0.29, 0.717) is 22.7 Å². The van der Waals surface area contributed by atoms with Gasteiger partial charge in [0.15, 0.2) is 5.75 Å². The molecule has 0 aliphatic carbocycles. The summed E-state index contributed by atoms with van der Waals surface area (Å²) in [6.45, 7) is 0. The van der Waals surface area contributed by atoms with Gasteiger partial charge in [-0.3, -0.25) is 4.79 Å². The first-order valence-electron chi connectivity index (χ1n) is 6.43. The van der Waals surface area contributed by atoms with Crippen molar-refractivity contribution in [3.8, 4) is 11.5 Å². The number of rotatable bonds is 0. The molecule has 0 atom stereocenters. The van der Waals surface area contributed by atoms with E-state index in [1.54, 1.807) is 0 Å². The van der Waals surface area contributed by atoms with E-state index in [9.17, 15) is 4.79 Å². The Kier molecular flexibility index (Phi) is 2.27. The summed E-state index contributed by atoms with van der Waals surface area (Å²) >= 11 is 0. The first-order valence-corrected chi connectivity index (χ1v) is 6.43. The topological polar surface area (TPSA) is 38.3 Å². The number of para-hydroxylation sites is 2. The van der Waals surface area contributed by atoms with Crippen LogP contribution < -0.4 is 10.1 Å². The van der Waals surface area contributed by atoms with Gasteiger partial charge in [-0.1, -0.05) is 42.5 Å². The maximum absolute atomic E-state index is 12.5. The summed E-state index contributed by atoms with van der Waals surface area (Å²) in [5.41, 5.74) is 1.28. The van der Waals surface area contributed by atoms with E-state index >= 15 is 0 Å². The average molecular weight is 261 g/mol. The molecule has 1 heterocycles. The quantitative estimate of drug-likeness (QED) is 0.658. The lowest BCUT2D eigenvalue weighted by atomic mass is 10.0. The molecule has 1 amide bonds. The molecule has 4 rings (SSSR count). The van der Waals surface area contributed by atoms with Gasteiger partial charge in [0.2, 0.25) is 0 Å². The number of amides is 1. The SMILES string of the molecule is O=C1Nc2ccccc2Oc2ccc3ccccc3c21. The molecule has 0 bridgehead atoms. The largest absolute Gasteiger partial charge is 0.454 e. The van der Waals surface area contributed by atoms with Gasteiger partial charge in [-0.25, -0.2) is 0 Å². The number of hydrogen-bond acceptors (Lipinski definition) is 2. The predicted octanol–water partition coefficient (Wildman–Crippen LogP) is 4.20. The Morgan fingerprint density at radius 1 is 0.800 bits per heavy atom. The lowest BCUT2D eigenvalue weighted by molar-refractivity contribution is 0.102. The Morgan fingerprint density at radius 2 is 1.60 bits per heavy atom. The standard InChI is InChI=1S/C17H11NO2/c19-17-16-12-6-2-1-5-11(12)9-10-15(16)20-14-8-4-3-7-13(14)18-17/h1-10H,(H,18,19). The maximum atomic E-state index is 12.5. The van der Waals surface area contributed by atoms with Crippen molar-refractivity contribution >= 4 is 22.4 Å². The summed E-state index contributed by atoms with van der Waals surface area (Å²) in [6.07, 6.45) is 0. The molecule has 20 heavy (non-hydrogen) atoms. The van der Waals surface area contributed by atoms with Crippen molar-refractivity contribution in [1.82, 2.24) is 0 Å². The Labute approximate surface area is 115 Å². The number of fused-ring (bicyclic) bond motifs is 4. The summed E-state index contributed by atoms with van der Waals surface area (Å²) in [6, 6.07) is 19.1. The van der Waals surface area contributed by atoms with E-state index in [1.807, 2.05) is 60.7 Å². The molecule has 0 unspecified atom stereocenters. The van der Waals surface area contributed by atoms with Crippen molar-refractivity contribution in [3.63, 3.8) is 0 Å². The van der Waals surface area contributed by atoms with Crippen LogP contribution in [0.4, 0.5) is 5.69 Å². The predicted molar refractivity (Wildman–Crippen MR) is 78.4 cm³/mol. The van der Waals surface area contributed by atoms with Crippen LogP contribution in [0.1, 0.15) is 10.4 Å². The fraction of sp³-hybridized carbons (Fsp3) is 0. The van der Waals surface area contributed by atoms with E-state index < -0.39 is 0 Å². The van der Waals surface area contributed by atoms with Crippen LogP contribution in [0.2, 0.25) is 0 Å². The summed E-state index contributed by atoms with van der Waals surface area (Å²) in [5, 5.41) is 4.83. The van der Waals surface area contributed by atoms with Crippen LogP contribution in [0.25, 0.3) is 10.8 Å². The highest BCUT2D eigenvalue weighted by atomic mass is 16.5. The molecule has 1 aliphatic rings. The molecule has 1 N–H and O–H groups in total. The zero-order chi connectivity index (χ0) is 13.5. The molecule has 3 aromatic carbocycles. The highest BCUT2D eigenvalue weighted by Gasteiger charge is 2.22. The molecule has 0 saturated heterocycles. The highest BCUT2D eigenvalue weighted by molar-refractivity contribution is 6.16. The summed E-state index contributed by atoms with van der Waals surface area (Å²) < 4.78 is 5.90. The van der Waals surface area contributed by atoms with Crippen LogP contribution in [0.15, 0.2) is 60.7 Å². The fourth-order valence-electron chi connectivity index (χ4n) is 2.53. The van der Waals surface area contributed by atoms with Gasteiger partial charge in [0.25, 0.3) is 5.91 Å². The highest BCUT2D eigenvalue weighted by Crippen LogP contribution is 2.38. The van der Waals surface area contributed by atoms with Crippen LogP contribution >= 0.6 is 0 Å². The molecule has 3 nitrogen and oxygen atoms in total. The van der Waals surface area contributed by atoms with Crippen LogP contribution in [0, 0.1) is 0 Å². The summed E-state index contributed by atoms with van der Waals surface area (Å²) in [4.78, 5) is 12.5. The third-order valence-corrected chi connectivity index (χ3v) is 3.47. The van der Waals surface area contributed by atoms with Gasteiger partial charge in [0, 0.05) is 0 Å². The van der Waals surface area contributed by atoms with Crippen molar-refractivity contribution in [1.29, 1.82) is 0 Å². The molecule has 3 aromatic rings. The first-order chi connectivity index (χ1) is 9.83. The normalized spacial score (nSPS) is 12.9. The van der Waals surface area contributed by atoms with E-state index in [4.69, 9.17) is 4.74 Å². The molecule has 96 valence electrons. The van der Waals surface area contributed by atoms with Gasteiger partial charge < -0.3 is 10.1 Å². The molecule has 0 saturated carbocycles. The summed E-state index contributed by atoms with van der Waals surface area (Å²) in [5.74, 6) is 1.11. The number of nitrogens with one attached hydrogen (secondary N) is 1. The van der Waals surface area contributed by atoms with Crippen LogP contribution in [0.3, 0.4) is 0 Å². The average Bonchev–Trinajstić information content (AvgIpc) is 2.63. The smallest absolute Gasteiger partial charge is 0.260 e. The molecule has 0 fully saturated rings. The molecule has 0 spiro atoms. The second-order valence-corrected chi connectivity index (χ2v) is 4.71. The van der Waals surface area contributed by atoms with E-state index in [-0.39, 0.29) is 5.91 Å². The third-order valence-electron chi connectivity index (χ3n) is 3.47. The minimum absolute atomic E-state index is 0.137. The third kappa shape index (κ3) is 1.57. The van der Waals surface area contributed by atoms with Crippen molar-refractivity contribution in [2.24, 2.45) is 0 Å². The molecule has 3 heteroatoms. The van der Waals surface area contributed by atoms with Crippen molar-refractivity contribution in [3.05, 3.63) is 66.2 Å². The Bertz CT molecular complexity index is 839.